The predicted molar refractivity (Wildman–Crippen MR) is 114 cm³/mol. The zero-order valence-electron chi connectivity index (χ0n) is 18.4. The number of piperazine rings is 1. The highest BCUT2D eigenvalue weighted by atomic mass is 19.4. The number of ether oxygens (including phenoxy) is 3. The van der Waals surface area contributed by atoms with Crippen LogP contribution in [0, 0.1) is 0 Å². The topological polar surface area (TPSA) is 68.3 Å². The molecule has 0 bridgehead atoms. The number of halogens is 3. The monoisotopic (exact) mass is 466 g/mol. The lowest BCUT2D eigenvalue weighted by molar-refractivity contribution is -0.176. The van der Waals surface area contributed by atoms with Gasteiger partial charge in [-0.05, 0) is 35.9 Å². The molecular formula is C23H25F3N2O5. The summed E-state index contributed by atoms with van der Waals surface area (Å²) in [6, 6.07) is 11.2. The van der Waals surface area contributed by atoms with Crippen molar-refractivity contribution >= 4 is 11.8 Å². The molecule has 10 heteroatoms. The van der Waals surface area contributed by atoms with Crippen LogP contribution in [0.4, 0.5) is 13.2 Å². The van der Waals surface area contributed by atoms with Gasteiger partial charge in [0, 0.05) is 37.3 Å². The Hall–Kier alpha value is -3.27. The Morgan fingerprint density at radius 2 is 1.33 bits per heavy atom. The average molecular weight is 466 g/mol. The Morgan fingerprint density at radius 3 is 1.85 bits per heavy atom. The van der Waals surface area contributed by atoms with Crippen molar-refractivity contribution in [2.45, 2.75) is 12.8 Å². The van der Waals surface area contributed by atoms with E-state index in [0.717, 1.165) is 0 Å². The van der Waals surface area contributed by atoms with Gasteiger partial charge in [0.2, 0.25) is 0 Å². The molecule has 0 spiro atoms. The third-order valence-electron chi connectivity index (χ3n) is 5.22. The molecule has 33 heavy (non-hydrogen) atoms. The molecule has 2 aromatic carbocycles. The van der Waals surface area contributed by atoms with E-state index in [2.05, 4.69) is 4.74 Å². The van der Waals surface area contributed by atoms with Gasteiger partial charge in [0.25, 0.3) is 11.8 Å². The lowest BCUT2D eigenvalue weighted by Crippen LogP contribution is -2.50. The largest absolute Gasteiger partial charge is 0.493 e. The Balaban J connectivity index is 1.54. The number of rotatable bonds is 7. The number of hydrogen-bond acceptors (Lipinski definition) is 5. The minimum atomic E-state index is -4.38. The maximum atomic E-state index is 12.8. The van der Waals surface area contributed by atoms with Crippen molar-refractivity contribution in [3.05, 3.63) is 59.2 Å². The average Bonchev–Trinajstić information content (AvgIpc) is 2.82. The first-order chi connectivity index (χ1) is 15.7. The molecule has 2 aromatic rings. The van der Waals surface area contributed by atoms with Gasteiger partial charge in [-0.1, -0.05) is 12.1 Å². The molecule has 1 saturated heterocycles. The Labute approximate surface area is 189 Å². The predicted octanol–water partition coefficient (Wildman–Crippen LogP) is 3.38. The van der Waals surface area contributed by atoms with Crippen molar-refractivity contribution < 1.29 is 37.0 Å². The van der Waals surface area contributed by atoms with Crippen molar-refractivity contribution in [2.24, 2.45) is 0 Å². The molecule has 0 N–H and O–H groups in total. The van der Waals surface area contributed by atoms with Crippen LogP contribution >= 0.6 is 0 Å². The van der Waals surface area contributed by atoms with Crippen LogP contribution in [0.5, 0.6) is 11.5 Å². The van der Waals surface area contributed by atoms with Gasteiger partial charge in [0.1, 0.15) is 6.61 Å². The Kier molecular flexibility index (Phi) is 7.80. The van der Waals surface area contributed by atoms with Crippen molar-refractivity contribution in [1.29, 1.82) is 0 Å². The second kappa shape index (κ2) is 10.6. The fourth-order valence-electron chi connectivity index (χ4n) is 3.48. The molecule has 3 rings (SSSR count). The Morgan fingerprint density at radius 1 is 0.818 bits per heavy atom. The number of hydrogen-bond donors (Lipinski definition) is 0. The van der Waals surface area contributed by atoms with E-state index in [1.54, 1.807) is 52.3 Å². The maximum absolute atomic E-state index is 12.8. The molecule has 1 heterocycles. The molecular weight excluding hydrogens is 441 g/mol. The number of methoxy groups -OCH3 is 2. The minimum Gasteiger partial charge on any atom is -0.493 e. The molecule has 2 amide bonds. The third-order valence-corrected chi connectivity index (χ3v) is 5.22. The van der Waals surface area contributed by atoms with Gasteiger partial charge in [-0.2, -0.15) is 13.2 Å². The third kappa shape index (κ3) is 6.38. The minimum absolute atomic E-state index is 0.161. The van der Waals surface area contributed by atoms with E-state index in [9.17, 15) is 22.8 Å². The normalized spacial score (nSPS) is 14.2. The van der Waals surface area contributed by atoms with Crippen LogP contribution < -0.4 is 9.47 Å². The number of nitrogens with zero attached hydrogens (tertiary/aromatic N) is 2. The summed E-state index contributed by atoms with van der Waals surface area (Å²) < 4.78 is 51.6. The second-order valence-electron chi connectivity index (χ2n) is 7.46. The molecule has 1 aliphatic rings. The molecule has 0 unspecified atom stereocenters. The number of benzene rings is 2. The molecule has 0 atom stereocenters. The summed E-state index contributed by atoms with van der Waals surface area (Å²) in [4.78, 5) is 28.9. The number of amides is 2. The highest BCUT2D eigenvalue weighted by Gasteiger charge is 2.28. The van der Waals surface area contributed by atoms with Gasteiger partial charge < -0.3 is 24.0 Å². The van der Waals surface area contributed by atoms with E-state index >= 15 is 0 Å². The Bertz CT molecular complexity index is 971. The first kappa shape index (κ1) is 24.4. The first-order valence-electron chi connectivity index (χ1n) is 10.3. The van der Waals surface area contributed by atoms with Crippen LogP contribution in [0.2, 0.25) is 0 Å². The second-order valence-corrected chi connectivity index (χ2v) is 7.46. The van der Waals surface area contributed by atoms with Gasteiger partial charge in [-0.25, -0.2) is 0 Å². The van der Waals surface area contributed by atoms with E-state index in [4.69, 9.17) is 9.47 Å². The van der Waals surface area contributed by atoms with Gasteiger partial charge in [-0.15, -0.1) is 0 Å². The summed E-state index contributed by atoms with van der Waals surface area (Å²) in [5, 5.41) is 0. The highest BCUT2D eigenvalue weighted by molar-refractivity contribution is 5.96. The quantitative estimate of drug-likeness (QED) is 0.626. The van der Waals surface area contributed by atoms with Gasteiger partial charge in [0.15, 0.2) is 11.5 Å². The van der Waals surface area contributed by atoms with Gasteiger partial charge in [0.05, 0.1) is 20.8 Å². The fraction of sp³-hybridized carbons (Fsp3) is 0.391. The molecule has 0 aliphatic carbocycles. The van der Waals surface area contributed by atoms with Crippen LogP contribution in [0.15, 0.2) is 42.5 Å². The van der Waals surface area contributed by atoms with E-state index in [-0.39, 0.29) is 18.4 Å². The summed E-state index contributed by atoms with van der Waals surface area (Å²) >= 11 is 0. The number of carbonyl (C=O) groups excluding carboxylic acids is 2. The SMILES string of the molecule is COc1ccc(C(=O)N2CCN(C(=O)c3ccc(COCC(F)(F)F)cc3)CC2)cc1OC. The van der Waals surface area contributed by atoms with Crippen LogP contribution in [0.25, 0.3) is 0 Å². The van der Waals surface area contributed by atoms with Crippen LogP contribution in [-0.2, 0) is 11.3 Å². The molecule has 0 saturated carbocycles. The lowest BCUT2D eigenvalue weighted by Gasteiger charge is -2.35. The standard InChI is InChI=1S/C23H25F3N2O5/c1-31-19-8-7-18(13-20(19)32-2)22(30)28-11-9-27(10-12-28)21(29)17-5-3-16(4-6-17)14-33-15-23(24,25)26/h3-8,13H,9-12,14-15H2,1-2H3. The van der Waals surface area contributed by atoms with Crippen LogP contribution in [0.3, 0.4) is 0 Å². The zero-order valence-corrected chi connectivity index (χ0v) is 18.4. The van der Waals surface area contributed by atoms with Gasteiger partial charge in [-0.3, -0.25) is 9.59 Å². The fourth-order valence-corrected chi connectivity index (χ4v) is 3.48. The molecule has 1 aliphatic heterocycles. The van der Waals surface area contributed by atoms with Crippen molar-refractivity contribution in [3.8, 4) is 11.5 Å². The summed E-state index contributed by atoms with van der Waals surface area (Å²) in [7, 11) is 3.02. The van der Waals surface area contributed by atoms with Crippen LogP contribution in [-0.4, -0.2) is 74.8 Å². The molecule has 0 radical (unpaired) electrons. The summed E-state index contributed by atoms with van der Waals surface area (Å²) in [5.41, 5.74) is 1.44. The molecule has 178 valence electrons. The number of carbonyl (C=O) groups is 2. The first-order valence-corrected chi connectivity index (χ1v) is 10.3. The summed E-state index contributed by atoms with van der Waals surface area (Å²) in [5.74, 6) is 0.633. The summed E-state index contributed by atoms with van der Waals surface area (Å²) in [6.07, 6.45) is -4.38. The highest BCUT2D eigenvalue weighted by Crippen LogP contribution is 2.28. The van der Waals surface area contributed by atoms with E-state index in [0.29, 0.717) is 54.4 Å². The van der Waals surface area contributed by atoms with Crippen molar-refractivity contribution in [3.63, 3.8) is 0 Å². The molecule has 0 aromatic heterocycles. The zero-order chi connectivity index (χ0) is 24.0. The van der Waals surface area contributed by atoms with Crippen molar-refractivity contribution in [2.75, 3.05) is 47.0 Å². The number of alkyl halides is 3. The van der Waals surface area contributed by atoms with Crippen molar-refractivity contribution in [1.82, 2.24) is 9.80 Å². The molecule has 7 nitrogen and oxygen atoms in total. The summed E-state index contributed by atoms with van der Waals surface area (Å²) in [6.45, 7) is -0.0158. The van der Waals surface area contributed by atoms with E-state index < -0.39 is 12.8 Å². The lowest BCUT2D eigenvalue weighted by atomic mass is 10.1. The van der Waals surface area contributed by atoms with Gasteiger partial charge >= 0.3 is 6.18 Å². The van der Waals surface area contributed by atoms with E-state index in [1.165, 1.54) is 14.2 Å². The maximum Gasteiger partial charge on any atom is 0.411 e. The van der Waals surface area contributed by atoms with E-state index in [1.807, 2.05) is 0 Å². The molecule has 1 fully saturated rings. The van der Waals surface area contributed by atoms with Crippen LogP contribution in [0.1, 0.15) is 26.3 Å². The smallest absolute Gasteiger partial charge is 0.411 e.